The summed E-state index contributed by atoms with van der Waals surface area (Å²) in [5, 5.41) is 5.49. The largest absolute Gasteiger partial charge is 0.454 e. The van der Waals surface area contributed by atoms with E-state index in [0.717, 1.165) is 36.8 Å². The number of carbonyl (C=O) groups excluding carboxylic acids is 3. The molecule has 2 N–H and O–H groups in total. The van der Waals surface area contributed by atoms with Crippen molar-refractivity contribution < 1.29 is 23.9 Å². The number of alkyl carbamates (subject to hydrolysis) is 1. The summed E-state index contributed by atoms with van der Waals surface area (Å²) in [4.78, 5) is 37.2. The highest BCUT2D eigenvalue weighted by molar-refractivity contribution is 5.85. The van der Waals surface area contributed by atoms with Crippen molar-refractivity contribution in [3.63, 3.8) is 0 Å². The molecule has 1 saturated carbocycles. The summed E-state index contributed by atoms with van der Waals surface area (Å²) < 4.78 is 10.5. The SMILES string of the molecule is O=C(COC(=O)C(Cc1ccccc1)NC(=O)OCc1ccccc1)NC1CCCCC1. The molecule has 2 aromatic carbocycles. The van der Waals surface area contributed by atoms with Crippen LogP contribution in [0.5, 0.6) is 0 Å². The lowest BCUT2D eigenvalue weighted by molar-refractivity contribution is -0.150. The van der Waals surface area contributed by atoms with Crippen LogP contribution >= 0.6 is 0 Å². The van der Waals surface area contributed by atoms with E-state index >= 15 is 0 Å². The molecule has 0 spiro atoms. The Kier molecular flexibility index (Phi) is 9.10. The predicted octanol–water partition coefficient (Wildman–Crippen LogP) is 3.52. The van der Waals surface area contributed by atoms with Crippen LogP contribution in [0.4, 0.5) is 4.79 Å². The highest BCUT2D eigenvalue weighted by atomic mass is 16.6. The Bertz CT molecular complexity index is 866. The Morgan fingerprint density at radius 3 is 2.12 bits per heavy atom. The van der Waals surface area contributed by atoms with Crippen LogP contribution in [0.3, 0.4) is 0 Å². The van der Waals surface area contributed by atoms with Gasteiger partial charge in [-0.2, -0.15) is 0 Å². The molecule has 0 bridgehead atoms. The third kappa shape index (κ3) is 8.06. The zero-order valence-corrected chi connectivity index (χ0v) is 18.1. The quantitative estimate of drug-likeness (QED) is 0.585. The van der Waals surface area contributed by atoms with Crippen molar-refractivity contribution in [2.24, 2.45) is 0 Å². The Balaban J connectivity index is 1.52. The van der Waals surface area contributed by atoms with Crippen LogP contribution in [0.2, 0.25) is 0 Å². The normalized spacial score (nSPS) is 14.8. The molecule has 2 amide bonds. The van der Waals surface area contributed by atoms with Crippen molar-refractivity contribution in [2.75, 3.05) is 6.61 Å². The van der Waals surface area contributed by atoms with E-state index in [-0.39, 0.29) is 31.6 Å². The Hall–Kier alpha value is -3.35. The van der Waals surface area contributed by atoms with Crippen molar-refractivity contribution in [2.45, 2.75) is 57.2 Å². The summed E-state index contributed by atoms with van der Waals surface area (Å²) in [6, 6.07) is 17.7. The van der Waals surface area contributed by atoms with E-state index in [2.05, 4.69) is 10.6 Å². The second-order valence-corrected chi connectivity index (χ2v) is 7.96. The molecule has 0 radical (unpaired) electrons. The summed E-state index contributed by atoms with van der Waals surface area (Å²) >= 11 is 0. The van der Waals surface area contributed by atoms with Gasteiger partial charge in [0.15, 0.2) is 6.61 Å². The number of benzene rings is 2. The molecule has 32 heavy (non-hydrogen) atoms. The van der Waals surface area contributed by atoms with Gasteiger partial charge in [-0.15, -0.1) is 0 Å². The summed E-state index contributed by atoms with van der Waals surface area (Å²) in [5.74, 6) is -1.00. The number of rotatable bonds is 9. The summed E-state index contributed by atoms with van der Waals surface area (Å²) in [5.41, 5.74) is 1.69. The van der Waals surface area contributed by atoms with Gasteiger partial charge in [0.25, 0.3) is 5.91 Å². The average Bonchev–Trinajstić information content (AvgIpc) is 2.83. The molecule has 170 valence electrons. The van der Waals surface area contributed by atoms with Gasteiger partial charge in [-0.25, -0.2) is 9.59 Å². The topological polar surface area (TPSA) is 93.7 Å². The minimum atomic E-state index is -0.969. The van der Waals surface area contributed by atoms with E-state index < -0.39 is 18.1 Å². The van der Waals surface area contributed by atoms with Crippen LogP contribution in [0.15, 0.2) is 60.7 Å². The van der Waals surface area contributed by atoms with Crippen LogP contribution in [0, 0.1) is 0 Å². The van der Waals surface area contributed by atoms with Gasteiger partial charge in [-0.1, -0.05) is 79.9 Å². The van der Waals surface area contributed by atoms with E-state index in [4.69, 9.17) is 9.47 Å². The fraction of sp³-hybridized carbons (Fsp3) is 0.400. The van der Waals surface area contributed by atoms with Crippen molar-refractivity contribution >= 4 is 18.0 Å². The molecule has 0 aromatic heterocycles. The zero-order chi connectivity index (χ0) is 22.6. The number of ether oxygens (including phenoxy) is 2. The van der Waals surface area contributed by atoms with Gasteiger partial charge >= 0.3 is 12.1 Å². The number of amides is 2. The van der Waals surface area contributed by atoms with Crippen LogP contribution in [0.1, 0.15) is 43.2 Å². The smallest absolute Gasteiger partial charge is 0.408 e. The Morgan fingerprint density at radius 1 is 0.844 bits per heavy atom. The minimum absolute atomic E-state index is 0.0869. The number of esters is 1. The molecule has 7 heteroatoms. The van der Waals surface area contributed by atoms with E-state index in [1.165, 1.54) is 6.42 Å². The minimum Gasteiger partial charge on any atom is -0.454 e. The molecular formula is C25H30N2O5. The Morgan fingerprint density at radius 2 is 1.47 bits per heavy atom. The molecule has 0 aliphatic heterocycles. The number of hydrogen-bond acceptors (Lipinski definition) is 5. The van der Waals surface area contributed by atoms with Crippen molar-refractivity contribution in [1.82, 2.24) is 10.6 Å². The van der Waals surface area contributed by atoms with Crippen molar-refractivity contribution in [3.05, 3.63) is 71.8 Å². The fourth-order valence-corrected chi connectivity index (χ4v) is 3.70. The first-order valence-corrected chi connectivity index (χ1v) is 11.1. The second kappa shape index (κ2) is 12.5. The van der Waals surface area contributed by atoms with Gasteiger partial charge in [0, 0.05) is 12.5 Å². The van der Waals surface area contributed by atoms with Crippen LogP contribution in [-0.4, -0.2) is 36.7 Å². The van der Waals surface area contributed by atoms with Crippen LogP contribution < -0.4 is 10.6 Å². The zero-order valence-electron chi connectivity index (χ0n) is 18.1. The molecule has 2 aromatic rings. The molecule has 1 fully saturated rings. The van der Waals surface area contributed by atoms with Gasteiger partial charge in [-0.05, 0) is 24.0 Å². The maximum absolute atomic E-state index is 12.7. The maximum atomic E-state index is 12.7. The molecule has 0 saturated heterocycles. The average molecular weight is 439 g/mol. The second-order valence-electron chi connectivity index (χ2n) is 7.96. The molecule has 1 aliphatic rings. The van der Waals surface area contributed by atoms with Crippen molar-refractivity contribution in [3.8, 4) is 0 Å². The molecule has 1 atom stereocenters. The maximum Gasteiger partial charge on any atom is 0.408 e. The van der Waals surface area contributed by atoms with Crippen LogP contribution in [0.25, 0.3) is 0 Å². The summed E-state index contributed by atoms with van der Waals surface area (Å²) in [6.45, 7) is -0.287. The molecule has 3 rings (SSSR count). The lowest BCUT2D eigenvalue weighted by atomic mass is 9.95. The van der Waals surface area contributed by atoms with Gasteiger partial charge in [0.05, 0.1) is 0 Å². The van der Waals surface area contributed by atoms with Gasteiger partial charge < -0.3 is 20.1 Å². The third-order valence-electron chi connectivity index (χ3n) is 5.39. The number of nitrogens with one attached hydrogen (secondary N) is 2. The van der Waals surface area contributed by atoms with E-state index in [0.29, 0.717) is 0 Å². The molecule has 1 unspecified atom stereocenters. The first-order valence-electron chi connectivity index (χ1n) is 11.1. The van der Waals surface area contributed by atoms with Crippen molar-refractivity contribution in [1.29, 1.82) is 0 Å². The number of hydrogen-bond donors (Lipinski definition) is 2. The van der Waals surface area contributed by atoms with E-state index in [1.807, 2.05) is 60.7 Å². The highest BCUT2D eigenvalue weighted by Crippen LogP contribution is 2.17. The number of carbonyl (C=O) groups is 3. The lowest BCUT2D eigenvalue weighted by Gasteiger charge is -2.23. The summed E-state index contributed by atoms with van der Waals surface area (Å²) in [7, 11) is 0. The molecule has 7 nitrogen and oxygen atoms in total. The Labute approximate surface area is 188 Å². The molecule has 0 heterocycles. The van der Waals surface area contributed by atoms with E-state index in [9.17, 15) is 14.4 Å². The predicted molar refractivity (Wildman–Crippen MR) is 120 cm³/mol. The first-order chi connectivity index (χ1) is 15.6. The first kappa shape index (κ1) is 23.3. The lowest BCUT2D eigenvalue weighted by Crippen LogP contribution is -2.45. The standard InChI is InChI=1S/C25H30N2O5/c28-23(26-21-14-8-3-9-15-21)18-31-24(29)22(16-19-10-4-1-5-11-19)27-25(30)32-17-20-12-6-2-7-13-20/h1-2,4-7,10-13,21-22H,3,8-9,14-18H2,(H,26,28)(H,27,30). The van der Waals surface area contributed by atoms with E-state index in [1.54, 1.807) is 0 Å². The summed E-state index contributed by atoms with van der Waals surface area (Å²) in [6.07, 6.45) is 4.78. The monoisotopic (exact) mass is 438 g/mol. The van der Waals surface area contributed by atoms with Gasteiger partial charge in [0.1, 0.15) is 12.6 Å². The fourth-order valence-electron chi connectivity index (χ4n) is 3.70. The van der Waals surface area contributed by atoms with Crippen LogP contribution in [-0.2, 0) is 32.1 Å². The van der Waals surface area contributed by atoms with Gasteiger partial charge in [0.2, 0.25) is 0 Å². The molecular weight excluding hydrogens is 408 g/mol. The third-order valence-corrected chi connectivity index (χ3v) is 5.39. The highest BCUT2D eigenvalue weighted by Gasteiger charge is 2.25. The molecule has 1 aliphatic carbocycles. The van der Waals surface area contributed by atoms with Gasteiger partial charge in [-0.3, -0.25) is 4.79 Å².